The Kier molecular flexibility index (Phi) is 3.80. The van der Waals surface area contributed by atoms with Crippen molar-refractivity contribution in [3.8, 4) is 10.6 Å². The maximum absolute atomic E-state index is 11.1. The van der Waals surface area contributed by atoms with Gasteiger partial charge < -0.3 is 5.11 Å². The SMILES string of the molecule is CCc1c(C(=O)O)nnn1Cc1csc(-c2ccsc2)n1. The number of carboxylic acids is 1. The van der Waals surface area contributed by atoms with Crippen LogP contribution in [0.1, 0.15) is 28.8 Å². The number of hydrogen-bond donors (Lipinski definition) is 1. The maximum Gasteiger partial charge on any atom is 0.358 e. The summed E-state index contributed by atoms with van der Waals surface area (Å²) < 4.78 is 1.61. The lowest BCUT2D eigenvalue weighted by molar-refractivity contribution is 0.0689. The number of aromatic carboxylic acids is 1. The molecule has 0 saturated heterocycles. The lowest BCUT2D eigenvalue weighted by atomic mass is 10.2. The second-order valence-electron chi connectivity index (χ2n) is 4.36. The normalized spacial score (nSPS) is 10.9. The van der Waals surface area contributed by atoms with Gasteiger partial charge in [-0.05, 0) is 17.9 Å². The van der Waals surface area contributed by atoms with Crippen molar-refractivity contribution in [2.24, 2.45) is 0 Å². The Morgan fingerprint density at radius 2 is 2.29 bits per heavy atom. The molecule has 0 saturated carbocycles. The van der Waals surface area contributed by atoms with Crippen molar-refractivity contribution in [2.45, 2.75) is 19.9 Å². The summed E-state index contributed by atoms with van der Waals surface area (Å²) in [6.07, 6.45) is 0.566. The van der Waals surface area contributed by atoms with Gasteiger partial charge in [0, 0.05) is 16.3 Å². The lowest BCUT2D eigenvalue weighted by Crippen LogP contribution is -2.08. The van der Waals surface area contributed by atoms with Crippen LogP contribution in [0.15, 0.2) is 22.2 Å². The Labute approximate surface area is 128 Å². The molecule has 3 rings (SSSR count). The van der Waals surface area contributed by atoms with Crippen LogP contribution in [-0.4, -0.2) is 31.1 Å². The first-order chi connectivity index (χ1) is 10.2. The highest BCUT2D eigenvalue weighted by molar-refractivity contribution is 7.14. The first-order valence-corrected chi connectivity index (χ1v) is 8.14. The van der Waals surface area contributed by atoms with Crippen LogP contribution in [0.5, 0.6) is 0 Å². The van der Waals surface area contributed by atoms with Crippen LogP contribution in [0.4, 0.5) is 0 Å². The standard InChI is InChI=1S/C13H12N4O2S2/c1-2-10-11(13(18)19)15-16-17(10)5-9-7-21-12(14-9)8-3-4-20-6-8/h3-4,6-7H,2,5H2,1H3,(H,18,19). The molecule has 0 amide bonds. The van der Waals surface area contributed by atoms with Crippen molar-refractivity contribution in [1.82, 2.24) is 20.0 Å². The van der Waals surface area contributed by atoms with Crippen LogP contribution < -0.4 is 0 Å². The number of nitrogens with zero attached hydrogens (tertiary/aromatic N) is 4. The van der Waals surface area contributed by atoms with Crippen molar-refractivity contribution in [1.29, 1.82) is 0 Å². The Bertz CT molecular complexity index is 761. The Morgan fingerprint density at radius 1 is 1.43 bits per heavy atom. The number of hydrogen-bond acceptors (Lipinski definition) is 6. The number of carbonyl (C=O) groups is 1. The van der Waals surface area contributed by atoms with Crippen LogP contribution in [-0.2, 0) is 13.0 Å². The number of carboxylic acid groups (broad SMARTS) is 1. The van der Waals surface area contributed by atoms with Gasteiger partial charge in [0.1, 0.15) is 5.01 Å². The van der Waals surface area contributed by atoms with Crippen molar-refractivity contribution in [3.63, 3.8) is 0 Å². The third-order valence-electron chi connectivity index (χ3n) is 3.01. The molecule has 3 aromatic heterocycles. The molecule has 0 bridgehead atoms. The van der Waals surface area contributed by atoms with E-state index in [1.807, 2.05) is 23.8 Å². The van der Waals surface area contributed by atoms with E-state index in [2.05, 4.69) is 20.7 Å². The average molecular weight is 320 g/mol. The van der Waals surface area contributed by atoms with E-state index in [-0.39, 0.29) is 5.69 Å². The first kappa shape index (κ1) is 13.9. The van der Waals surface area contributed by atoms with Gasteiger partial charge in [-0.2, -0.15) is 11.3 Å². The number of aromatic nitrogens is 4. The highest BCUT2D eigenvalue weighted by atomic mass is 32.1. The predicted octanol–water partition coefficient (Wildman–Crippen LogP) is 2.77. The largest absolute Gasteiger partial charge is 0.476 e. The third-order valence-corrected chi connectivity index (χ3v) is 4.63. The van der Waals surface area contributed by atoms with E-state index in [9.17, 15) is 4.79 Å². The van der Waals surface area contributed by atoms with E-state index in [4.69, 9.17) is 5.11 Å². The van der Waals surface area contributed by atoms with Crippen molar-refractivity contribution >= 4 is 28.6 Å². The summed E-state index contributed by atoms with van der Waals surface area (Å²) in [4.78, 5) is 15.6. The minimum Gasteiger partial charge on any atom is -0.476 e. The molecule has 1 N–H and O–H groups in total. The average Bonchev–Trinajstić information content (AvgIpc) is 3.18. The highest BCUT2D eigenvalue weighted by Gasteiger charge is 2.18. The van der Waals surface area contributed by atoms with Gasteiger partial charge in [-0.25, -0.2) is 14.5 Å². The second kappa shape index (κ2) is 5.74. The molecule has 0 fully saturated rings. The fraction of sp³-hybridized carbons (Fsp3) is 0.231. The van der Waals surface area contributed by atoms with Gasteiger partial charge in [-0.15, -0.1) is 16.4 Å². The molecule has 0 atom stereocenters. The second-order valence-corrected chi connectivity index (χ2v) is 6.00. The molecule has 0 aliphatic rings. The third kappa shape index (κ3) is 2.72. The van der Waals surface area contributed by atoms with Crippen LogP contribution in [0.2, 0.25) is 0 Å². The summed E-state index contributed by atoms with van der Waals surface area (Å²) in [6.45, 7) is 2.32. The zero-order valence-electron chi connectivity index (χ0n) is 11.2. The summed E-state index contributed by atoms with van der Waals surface area (Å²) in [7, 11) is 0. The summed E-state index contributed by atoms with van der Waals surface area (Å²) in [6, 6.07) is 2.03. The molecule has 0 aliphatic heterocycles. The molecule has 3 heterocycles. The number of rotatable bonds is 5. The lowest BCUT2D eigenvalue weighted by Gasteiger charge is -2.02. The molecule has 0 spiro atoms. The predicted molar refractivity (Wildman–Crippen MR) is 80.9 cm³/mol. The fourth-order valence-corrected chi connectivity index (χ4v) is 3.55. The summed E-state index contributed by atoms with van der Waals surface area (Å²) >= 11 is 3.20. The number of thiophene rings is 1. The van der Waals surface area contributed by atoms with E-state index in [1.165, 1.54) is 0 Å². The van der Waals surface area contributed by atoms with Gasteiger partial charge in [0.25, 0.3) is 0 Å². The maximum atomic E-state index is 11.1. The summed E-state index contributed by atoms with van der Waals surface area (Å²) in [5, 5.41) is 23.7. The van der Waals surface area contributed by atoms with Gasteiger partial charge in [0.15, 0.2) is 5.69 Å². The van der Waals surface area contributed by atoms with Crippen LogP contribution in [0.3, 0.4) is 0 Å². The Hall–Kier alpha value is -2.06. The molecule has 8 heteroatoms. The molecule has 108 valence electrons. The van der Waals surface area contributed by atoms with Gasteiger partial charge in [0.2, 0.25) is 0 Å². The zero-order chi connectivity index (χ0) is 14.8. The smallest absolute Gasteiger partial charge is 0.358 e. The van der Waals surface area contributed by atoms with E-state index in [1.54, 1.807) is 27.4 Å². The topological polar surface area (TPSA) is 80.9 Å². The minimum atomic E-state index is -1.05. The van der Waals surface area contributed by atoms with E-state index < -0.39 is 5.97 Å². The van der Waals surface area contributed by atoms with Gasteiger partial charge in [0.05, 0.1) is 17.9 Å². The zero-order valence-corrected chi connectivity index (χ0v) is 12.8. The molecule has 21 heavy (non-hydrogen) atoms. The molecule has 6 nitrogen and oxygen atoms in total. The molecular formula is C13H12N4O2S2. The van der Waals surface area contributed by atoms with Crippen LogP contribution in [0, 0.1) is 0 Å². The van der Waals surface area contributed by atoms with Gasteiger partial charge in [-0.1, -0.05) is 12.1 Å². The molecule has 0 unspecified atom stereocenters. The van der Waals surface area contributed by atoms with Gasteiger partial charge in [-0.3, -0.25) is 0 Å². The first-order valence-electron chi connectivity index (χ1n) is 6.31. The summed E-state index contributed by atoms with van der Waals surface area (Å²) in [5.74, 6) is -1.05. The molecule has 0 aliphatic carbocycles. The molecule has 0 radical (unpaired) electrons. The van der Waals surface area contributed by atoms with Crippen molar-refractivity contribution in [2.75, 3.05) is 0 Å². The van der Waals surface area contributed by atoms with Crippen molar-refractivity contribution < 1.29 is 9.90 Å². The fourth-order valence-electron chi connectivity index (χ4n) is 2.03. The monoisotopic (exact) mass is 320 g/mol. The van der Waals surface area contributed by atoms with Crippen molar-refractivity contribution in [3.05, 3.63) is 39.3 Å². The summed E-state index contributed by atoms with van der Waals surface area (Å²) in [5.41, 5.74) is 2.60. The molecule has 0 aromatic carbocycles. The Morgan fingerprint density at radius 3 is 2.95 bits per heavy atom. The molecule has 3 aromatic rings. The number of thiazole rings is 1. The Balaban J connectivity index is 1.86. The van der Waals surface area contributed by atoms with E-state index in [0.29, 0.717) is 18.7 Å². The highest BCUT2D eigenvalue weighted by Crippen LogP contribution is 2.26. The quantitative estimate of drug-likeness (QED) is 0.782. The van der Waals surface area contributed by atoms with Gasteiger partial charge >= 0.3 is 5.97 Å². The van der Waals surface area contributed by atoms with E-state index in [0.717, 1.165) is 16.3 Å². The van der Waals surface area contributed by atoms with E-state index >= 15 is 0 Å². The van der Waals surface area contributed by atoms with Crippen LogP contribution >= 0.6 is 22.7 Å². The minimum absolute atomic E-state index is 0.0192. The molecular weight excluding hydrogens is 308 g/mol. The van der Waals surface area contributed by atoms with Crippen LogP contribution in [0.25, 0.3) is 10.6 Å².